The largest absolute Gasteiger partial charge is 0.508 e. The first kappa shape index (κ1) is 14.5. The van der Waals surface area contributed by atoms with Gasteiger partial charge in [0.05, 0.1) is 13.7 Å². The molecule has 0 unspecified atom stereocenters. The van der Waals surface area contributed by atoms with Gasteiger partial charge in [-0.25, -0.2) is 4.99 Å². The first-order valence-electron chi connectivity index (χ1n) is 7.13. The van der Waals surface area contributed by atoms with Crippen molar-refractivity contribution < 1.29 is 9.84 Å². The lowest BCUT2D eigenvalue weighted by molar-refractivity contribution is 0.410. The van der Waals surface area contributed by atoms with E-state index in [0.717, 1.165) is 36.9 Å². The van der Waals surface area contributed by atoms with E-state index in [-0.39, 0.29) is 5.75 Å². The number of guanidine groups is 1. The molecule has 1 aromatic rings. The molecule has 110 valence electrons. The Bertz CT molecular complexity index is 468. The third-order valence-corrected chi connectivity index (χ3v) is 3.43. The van der Waals surface area contributed by atoms with Gasteiger partial charge in [-0.05, 0) is 38.0 Å². The third-order valence-electron chi connectivity index (χ3n) is 3.43. The van der Waals surface area contributed by atoms with E-state index in [1.165, 1.54) is 12.8 Å². The molecule has 1 aliphatic rings. The first-order chi connectivity index (χ1) is 9.74. The number of hydrogen-bond acceptors (Lipinski definition) is 3. The lowest BCUT2D eigenvalue weighted by Crippen LogP contribution is -2.39. The second-order valence-electron chi connectivity index (χ2n) is 4.86. The SMILES string of the molecule is CCNC(=NCc1cc(OC)ccc1O)N1CCCC1. The molecule has 1 heterocycles. The van der Waals surface area contributed by atoms with Gasteiger partial charge < -0.3 is 20.1 Å². The number of nitrogens with zero attached hydrogens (tertiary/aromatic N) is 2. The second-order valence-corrected chi connectivity index (χ2v) is 4.86. The lowest BCUT2D eigenvalue weighted by Gasteiger charge is -2.20. The van der Waals surface area contributed by atoms with Gasteiger partial charge in [-0.15, -0.1) is 0 Å². The molecule has 0 atom stereocenters. The van der Waals surface area contributed by atoms with Crippen LogP contribution in [0.4, 0.5) is 0 Å². The van der Waals surface area contributed by atoms with Gasteiger partial charge in [0.1, 0.15) is 11.5 Å². The van der Waals surface area contributed by atoms with Crippen molar-refractivity contribution in [2.24, 2.45) is 4.99 Å². The zero-order valence-electron chi connectivity index (χ0n) is 12.2. The van der Waals surface area contributed by atoms with Crippen LogP contribution >= 0.6 is 0 Å². The highest BCUT2D eigenvalue weighted by molar-refractivity contribution is 5.80. The van der Waals surface area contributed by atoms with Crippen LogP contribution in [0.2, 0.25) is 0 Å². The van der Waals surface area contributed by atoms with Crippen LogP contribution in [0, 0.1) is 0 Å². The van der Waals surface area contributed by atoms with E-state index < -0.39 is 0 Å². The minimum absolute atomic E-state index is 0.256. The molecular formula is C15H23N3O2. The molecule has 2 rings (SSSR count). The van der Waals surface area contributed by atoms with Crippen LogP contribution in [-0.4, -0.2) is 42.7 Å². The summed E-state index contributed by atoms with van der Waals surface area (Å²) >= 11 is 0. The summed E-state index contributed by atoms with van der Waals surface area (Å²) in [5, 5.41) is 13.2. The van der Waals surface area contributed by atoms with Gasteiger partial charge in [0, 0.05) is 25.2 Å². The van der Waals surface area contributed by atoms with Crippen molar-refractivity contribution >= 4 is 5.96 Å². The van der Waals surface area contributed by atoms with Gasteiger partial charge in [0.2, 0.25) is 0 Å². The maximum Gasteiger partial charge on any atom is 0.194 e. The van der Waals surface area contributed by atoms with Crippen molar-refractivity contribution in [1.82, 2.24) is 10.2 Å². The molecular weight excluding hydrogens is 254 g/mol. The molecule has 1 aromatic carbocycles. The van der Waals surface area contributed by atoms with E-state index in [1.807, 2.05) is 6.07 Å². The van der Waals surface area contributed by atoms with Crippen molar-refractivity contribution in [1.29, 1.82) is 0 Å². The number of phenols is 1. The van der Waals surface area contributed by atoms with Gasteiger partial charge >= 0.3 is 0 Å². The van der Waals surface area contributed by atoms with Crippen LogP contribution in [0.15, 0.2) is 23.2 Å². The zero-order valence-corrected chi connectivity index (χ0v) is 12.2. The zero-order chi connectivity index (χ0) is 14.4. The van der Waals surface area contributed by atoms with Gasteiger partial charge in [0.15, 0.2) is 5.96 Å². The summed E-state index contributed by atoms with van der Waals surface area (Å²) < 4.78 is 5.18. The number of aromatic hydroxyl groups is 1. The number of phenolic OH excluding ortho intramolecular Hbond substituents is 1. The minimum atomic E-state index is 0.256. The number of likely N-dealkylation sites (tertiary alicyclic amines) is 1. The molecule has 0 bridgehead atoms. The molecule has 20 heavy (non-hydrogen) atoms. The second kappa shape index (κ2) is 7.03. The van der Waals surface area contributed by atoms with Gasteiger partial charge in [-0.3, -0.25) is 0 Å². The lowest BCUT2D eigenvalue weighted by atomic mass is 10.2. The van der Waals surface area contributed by atoms with Gasteiger partial charge in [-0.1, -0.05) is 0 Å². The Morgan fingerprint density at radius 1 is 1.40 bits per heavy atom. The molecule has 0 amide bonds. The topological polar surface area (TPSA) is 57.1 Å². The quantitative estimate of drug-likeness (QED) is 0.652. The van der Waals surface area contributed by atoms with Crippen LogP contribution in [-0.2, 0) is 6.54 Å². The Kier molecular flexibility index (Phi) is 5.09. The number of hydrogen-bond donors (Lipinski definition) is 2. The van der Waals surface area contributed by atoms with Crippen molar-refractivity contribution in [2.45, 2.75) is 26.3 Å². The average Bonchev–Trinajstić information content (AvgIpc) is 2.99. The Labute approximate surface area is 120 Å². The maximum atomic E-state index is 9.88. The third kappa shape index (κ3) is 3.56. The number of rotatable bonds is 4. The van der Waals surface area contributed by atoms with Crippen LogP contribution in [0.1, 0.15) is 25.3 Å². The fraction of sp³-hybridized carbons (Fsp3) is 0.533. The molecule has 5 heteroatoms. The number of aliphatic imine (C=N–C) groups is 1. The van der Waals surface area contributed by atoms with Gasteiger partial charge in [-0.2, -0.15) is 0 Å². The highest BCUT2D eigenvalue weighted by atomic mass is 16.5. The van der Waals surface area contributed by atoms with E-state index in [0.29, 0.717) is 6.54 Å². The fourth-order valence-electron chi connectivity index (χ4n) is 2.33. The molecule has 5 nitrogen and oxygen atoms in total. The number of nitrogens with one attached hydrogen (secondary N) is 1. The molecule has 0 spiro atoms. The van der Waals surface area contributed by atoms with Crippen molar-refractivity contribution in [3.63, 3.8) is 0 Å². The molecule has 0 aromatic heterocycles. The van der Waals surface area contributed by atoms with E-state index in [9.17, 15) is 5.11 Å². The summed E-state index contributed by atoms with van der Waals surface area (Å²) in [5.41, 5.74) is 0.777. The maximum absolute atomic E-state index is 9.88. The molecule has 0 aliphatic carbocycles. The standard InChI is InChI=1S/C15H23N3O2/c1-3-16-15(18-8-4-5-9-18)17-11-12-10-13(20-2)6-7-14(12)19/h6-7,10,19H,3-5,8-9,11H2,1-2H3,(H,16,17). The molecule has 1 fully saturated rings. The van der Waals surface area contributed by atoms with Crippen molar-refractivity contribution in [3.8, 4) is 11.5 Å². The summed E-state index contributed by atoms with van der Waals surface area (Å²) in [7, 11) is 1.62. The van der Waals surface area contributed by atoms with E-state index in [1.54, 1.807) is 19.2 Å². The summed E-state index contributed by atoms with van der Waals surface area (Å²) in [5.74, 6) is 1.92. The smallest absolute Gasteiger partial charge is 0.194 e. The minimum Gasteiger partial charge on any atom is -0.508 e. The van der Waals surface area contributed by atoms with Gasteiger partial charge in [0.25, 0.3) is 0 Å². The summed E-state index contributed by atoms with van der Waals surface area (Å²) in [6.07, 6.45) is 2.43. The molecule has 2 N–H and O–H groups in total. The highest BCUT2D eigenvalue weighted by Gasteiger charge is 2.15. The Hall–Kier alpha value is -1.91. The number of methoxy groups -OCH3 is 1. The molecule has 0 saturated carbocycles. The Morgan fingerprint density at radius 3 is 2.80 bits per heavy atom. The van der Waals surface area contributed by atoms with E-state index in [2.05, 4.69) is 22.1 Å². The van der Waals surface area contributed by atoms with Crippen LogP contribution in [0.5, 0.6) is 11.5 Å². The molecule has 1 aliphatic heterocycles. The van der Waals surface area contributed by atoms with Crippen LogP contribution in [0.3, 0.4) is 0 Å². The summed E-state index contributed by atoms with van der Waals surface area (Å²) in [6, 6.07) is 5.22. The number of ether oxygens (including phenoxy) is 1. The fourth-order valence-corrected chi connectivity index (χ4v) is 2.33. The first-order valence-corrected chi connectivity index (χ1v) is 7.13. The monoisotopic (exact) mass is 277 g/mol. The van der Waals surface area contributed by atoms with E-state index in [4.69, 9.17) is 4.74 Å². The van der Waals surface area contributed by atoms with Crippen LogP contribution in [0.25, 0.3) is 0 Å². The Morgan fingerprint density at radius 2 is 2.15 bits per heavy atom. The molecule has 1 saturated heterocycles. The highest BCUT2D eigenvalue weighted by Crippen LogP contribution is 2.23. The Balaban J connectivity index is 2.11. The average molecular weight is 277 g/mol. The van der Waals surface area contributed by atoms with E-state index >= 15 is 0 Å². The number of benzene rings is 1. The summed E-state index contributed by atoms with van der Waals surface area (Å²) in [4.78, 5) is 6.88. The van der Waals surface area contributed by atoms with Crippen molar-refractivity contribution in [2.75, 3.05) is 26.7 Å². The summed E-state index contributed by atoms with van der Waals surface area (Å²) in [6.45, 7) is 5.46. The molecule has 0 radical (unpaired) electrons. The predicted molar refractivity (Wildman–Crippen MR) is 80.3 cm³/mol. The predicted octanol–water partition coefficient (Wildman–Crippen LogP) is 1.96. The van der Waals surface area contributed by atoms with Crippen molar-refractivity contribution in [3.05, 3.63) is 23.8 Å². The van der Waals surface area contributed by atoms with Crippen LogP contribution < -0.4 is 10.1 Å². The normalized spacial score (nSPS) is 15.5.